The first-order valence-corrected chi connectivity index (χ1v) is 9.00. The van der Waals surface area contributed by atoms with Crippen molar-refractivity contribution in [3.63, 3.8) is 0 Å². The minimum Gasteiger partial charge on any atom is -0.457 e. The maximum absolute atomic E-state index is 12.2. The zero-order valence-electron chi connectivity index (χ0n) is 14.0. The first-order valence-electron chi connectivity index (χ1n) is 8.20. The van der Waals surface area contributed by atoms with Gasteiger partial charge in [-0.25, -0.2) is 0 Å². The quantitative estimate of drug-likeness (QED) is 0.421. The molecule has 0 aliphatic carbocycles. The van der Waals surface area contributed by atoms with Crippen LogP contribution < -0.4 is 0 Å². The number of benzene rings is 3. The predicted molar refractivity (Wildman–Crippen MR) is 105 cm³/mol. The van der Waals surface area contributed by atoms with Crippen LogP contribution in [0.15, 0.2) is 83.3 Å². The monoisotopic (exact) mass is 408 g/mol. The zero-order valence-corrected chi connectivity index (χ0v) is 15.6. The summed E-state index contributed by atoms with van der Waals surface area (Å²) in [6, 6.07) is 24.7. The second-order valence-corrected chi connectivity index (χ2v) is 6.75. The highest BCUT2D eigenvalue weighted by Crippen LogP contribution is 2.19. The summed E-state index contributed by atoms with van der Waals surface area (Å²) >= 11 is 3.35. The molecular weight excluding hydrogens is 392 g/mol. The van der Waals surface area contributed by atoms with Gasteiger partial charge >= 0.3 is 5.97 Å². The third-order valence-corrected chi connectivity index (χ3v) is 4.47. The van der Waals surface area contributed by atoms with Gasteiger partial charge in [0.1, 0.15) is 0 Å². The second-order valence-electron chi connectivity index (χ2n) is 5.83. The standard InChI is InChI=1S/C22H17BrO3/c23-20-12-6-16(7-13-20)14-22(25)26-15-21(24)19-10-8-18(9-11-19)17-4-2-1-3-5-17/h1-13H,14-15H2. The molecule has 0 bridgehead atoms. The molecule has 0 aromatic heterocycles. The first-order chi connectivity index (χ1) is 12.6. The average molecular weight is 409 g/mol. The van der Waals surface area contributed by atoms with E-state index < -0.39 is 5.97 Å². The molecule has 0 fully saturated rings. The normalized spacial score (nSPS) is 10.3. The summed E-state index contributed by atoms with van der Waals surface area (Å²) in [7, 11) is 0. The molecule has 0 radical (unpaired) electrons. The molecule has 0 N–H and O–H groups in total. The molecule has 4 heteroatoms. The molecule has 26 heavy (non-hydrogen) atoms. The number of hydrogen-bond acceptors (Lipinski definition) is 3. The number of carbonyl (C=O) groups is 2. The highest BCUT2D eigenvalue weighted by atomic mass is 79.9. The molecule has 0 aliphatic heterocycles. The van der Waals surface area contributed by atoms with Crippen LogP contribution in [0.2, 0.25) is 0 Å². The van der Waals surface area contributed by atoms with E-state index in [0.717, 1.165) is 21.2 Å². The Morgan fingerprint density at radius 2 is 1.38 bits per heavy atom. The van der Waals surface area contributed by atoms with E-state index in [1.54, 1.807) is 12.1 Å². The summed E-state index contributed by atoms with van der Waals surface area (Å²) in [6.45, 7) is -0.250. The van der Waals surface area contributed by atoms with Crippen molar-refractivity contribution in [2.75, 3.05) is 6.61 Å². The van der Waals surface area contributed by atoms with Crippen LogP contribution >= 0.6 is 15.9 Å². The van der Waals surface area contributed by atoms with Crippen LogP contribution in [0.5, 0.6) is 0 Å². The molecule has 3 aromatic rings. The fourth-order valence-corrected chi connectivity index (χ4v) is 2.79. The van der Waals surface area contributed by atoms with Gasteiger partial charge in [0.05, 0.1) is 6.42 Å². The fourth-order valence-electron chi connectivity index (χ4n) is 2.53. The topological polar surface area (TPSA) is 43.4 Å². The maximum atomic E-state index is 12.2. The lowest BCUT2D eigenvalue weighted by Crippen LogP contribution is -2.15. The Labute approximate surface area is 160 Å². The number of ether oxygens (including phenoxy) is 1. The van der Waals surface area contributed by atoms with Gasteiger partial charge in [-0.3, -0.25) is 9.59 Å². The maximum Gasteiger partial charge on any atom is 0.310 e. The number of hydrogen-bond donors (Lipinski definition) is 0. The van der Waals surface area contributed by atoms with Crippen LogP contribution in [0.25, 0.3) is 11.1 Å². The van der Waals surface area contributed by atoms with Crippen molar-refractivity contribution in [1.82, 2.24) is 0 Å². The van der Waals surface area contributed by atoms with Crippen molar-refractivity contribution in [3.8, 4) is 11.1 Å². The minimum atomic E-state index is -0.415. The number of carbonyl (C=O) groups excluding carboxylic acids is 2. The van der Waals surface area contributed by atoms with Crippen molar-refractivity contribution in [1.29, 1.82) is 0 Å². The highest BCUT2D eigenvalue weighted by molar-refractivity contribution is 9.10. The Kier molecular flexibility index (Phi) is 5.97. The number of ketones is 1. The minimum absolute atomic E-state index is 0.146. The van der Waals surface area contributed by atoms with Crippen molar-refractivity contribution in [3.05, 3.63) is 94.5 Å². The summed E-state index contributed by atoms with van der Waals surface area (Å²) in [5.74, 6) is -0.629. The fraction of sp³-hybridized carbons (Fsp3) is 0.0909. The summed E-state index contributed by atoms with van der Waals surface area (Å²) in [4.78, 5) is 24.1. The van der Waals surface area contributed by atoms with Gasteiger partial charge < -0.3 is 4.74 Å². The Hall–Kier alpha value is -2.72. The summed E-state index contributed by atoms with van der Waals surface area (Å²) < 4.78 is 6.05. The van der Waals surface area contributed by atoms with Gasteiger partial charge in [0, 0.05) is 10.0 Å². The molecule has 0 spiro atoms. The molecule has 0 aliphatic rings. The Balaban J connectivity index is 1.54. The van der Waals surface area contributed by atoms with E-state index in [-0.39, 0.29) is 18.8 Å². The molecule has 3 nitrogen and oxygen atoms in total. The molecule has 0 saturated heterocycles. The van der Waals surface area contributed by atoms with E-state index >= 15 is 0 Å². The molecule has 0 saturated carbocycles. The van der Waals surface area contributed by atoms with Crippen LogP contribution in [0.3, 0.4) is 0 Å². The van der Waals surface area contributed by atoms with E-state index in [2.05, 4.69) is 15.9 Å². The lowest BCUT2D eigenvalue weighted by molar-refractivity contribution is -0.141. The summed E-state index contributed by atoms with van der Waals surface area (Å²) in [5.41, 5.74) is 3.50. The number of rotatable bonds is 6. The van der Waals surface area contributed by atoms with Gasteiger partial charge in [0.25, 0.3) is 0 Å². The van der Waals surface area contributed by atoms with Crippen molar-refractivity contribution in [2.45, 2.75) is 6.42 Å². The Morgan fingerprint density at radius 1 is 0.769 bits per heavy atom. The largest absolute Gasteiger partial charge is 0.457 e. The van der Waals surface area contributed by atoms with Gasteiger partial charge in [-0.05, 0) is 28.8 Å². The van der Waals surface area contributed by atoms with E-state index in [0.29, 0.717) is 5.56 Å². The van der Waals surface area contributed by atoms with Crippen LogP contribution in [-0.2, 0) is 16.0 Å². The van der Waals surface area contributed by atoms with Gasteiger partial charge in [-0.2, -0.15) is 0 Å². The van der Waals surface area contributed by atoms with Gasteiger partial charge in [0.2, 0.25) is 0 Å². The predicted octanol–water partition coefficient (Wildman–Crippen LogP) is 5.08. The second kappa shape index (κ2) is 8.59. The van der Waals surface area contributed by atoms with Crippen molar-refractivity contribution in [2.24, 2.45) is 0 Å². The van der Waals surface area contributed by atoms with Crippen LogP contribution in [-0.4, -0.2) is 18.4 Å². The molecule has 0 heterocycles. The van der Waals surface area contributed by atoms with E-state index in [1.165, 1.54) is 0 Å². The molecule has 3 rings (SSSR count). The average Bonchev–Trinajstić information content (AvgIpc) is 2.69. The molecule has 0 amide bonds. The molecule has 130 valence electrons. The van der Waals surface area contributed by atoms with E-state index in [1.807, 2.05) is 66.7 Å². The summed E-state index contributed by atoms with van der Waals surface area (Å²) in [5, 5.41) is 0. The third kappa shape index (κ3) is 4.90. The van der Waals surface area contributed by atoms with Gasteiger partial charge in [0.15, 0.2) is 12.4 Å². The summed E-state index contributed by atoms with van der Waals surface area (Å²) in [6.07, 6.45) is 0.146. The first kappa shape index (κ1) is 18.1. The molecule has 3 aromatic carbocycles. The molecule has 0 atom stereocenters. The van der Waals surface area contributed by atoms with Crippen molar-refractivity contribution >= 4 is 27.7 Å². The zero-order chi connectivity index (χ0) is 18.4. The van der Waals surface area contributed by atoms with Crippen LogP contribution in [0.4, 0.5) is 0 Å². The SMILES string of the molecule is O=C(Cc1ccc(Br)cc1)OCC(=O)c1ccc(-c2ccccc2)cc1. The number of halogens is 1. The van der Waals surface area contributed by atoms with Gasteiger partial charge in [-0.1, -0.05) is 82.7 Å². The smallest absolute Gasteiger partial charge is 0.310 e. The van der Waals surface area contributed by atoms with E-state index in [9.17, 15) is 9.59 Å². The number of esters is 1. The molecule has 0 unspecified atom stereocenters. The Bertz CT molecular complexity index is 885. The molecular formula is C22H17BrO3. The third-order valence-electron chi connectivity index (χ3n) is 3.94. The van der Waals surface area contributed by atoms with Crippen LogP contribution in [0, 0.1) is 0 Å². The van der Waals surface area contributed by atoms with E-state index in [4.69, 9.17) is 4.74 Å². The number of Topliss-reactive ketones (excluding diaryl/α,β-unsaturated/α-hetero) is 1. The lowest BCUT2D eigenvalue weighted by atomic mass is 10.0. The Morgan fingerprint density at radius 3 is 2.04 bits per heavy atom. The van der Waals surface area contributed by atoms with Gasteiger partial charge in [-0.15, -0.1) is 0 Å². The lowest BCUT2D eigenvalue weighted by Gasteiger charge is -2.06. The van der Waals surface area contributed by atoms with Crippen LogP contribution in [0.1, 0.15) is 15.9 Å². The highest BCUT2D eigenvalue weighted by Gasteiger charge is 2.11. The van der Waals surface area contributed by atoms with Crippen molar-refractivity contribution < 1.29 is 14.3 Å².